The number of ether oxygens (including phenoxy) is 1. The number of benzene rings is 1. The third-order valence-electron chi connectivity index (χ3n) is 4.03. The van der Waals surface area contributed by atoms with Crippen molar-refractivity contribution in [3.05, 3.63) is 33.9 Å². The van der Waals surface area contributed by atoms with E-state index in [9.17, 15) is 19.7 Å². The highest BCUT2D eigenvalue weighted by Crippen LogP contribution is 2.32. The number of hydrogen-bond acceptors (Lipinski definition) is 5. The molecule has 0 radical (unpaired) electrons. The molecule has 0 aliphatic carbocycles. The first-order valence-corrected chi connectivity index (χ1v) is 7.65. The van der Waals surface area contributed by atoms with Crippen molar-refractivity contribution in [1.29, 1.82) is 0 Å². The van der Waals surface area contributed by atoms with Gasteiger partial charge in [-0.15, -0.1) is 0 Å². The van der Waals surface area contributed by atoms with Crippen molar-refractivity contribution in [1.82, 2.24) is 0 Å². The molecule has 0 spiro atoms. The molecule has 0 aromatic heterocycles. The van der Waals surface area contributed by atoms with E-state index >= 15 is 0 Å². The summed E-state index contributed by atoms with van der Waals surface area (Å²) in [6.45, 7) is 5.31. The number of amides is 1. The summed E-state index contributed by atoms with van der Waals surface area (Å²) in [6, 6.07) is 3.56. The highest BCUT2D eigenvalue weighted by Gasteiger charge is 2.33. The fourth-order valence-electron chi connectivity index (χ4n) is 2.53. The zero-order chi connectivity index (χ0) is 17.1. The van der Waals surface area contributed by atoms with E-state index in [0.717, 1.165) is 0 Å². The van der Waals surface area contributed by atoms with Gasteiger partial charge in [-0.2, -0.15) is 0 Å². The van der Waals surface area contributed by atoms with Crippen molar-refractivity contribution in [3.8, 4) is 0 Å². The molecule has 2 atom stereocenters. The molecule has 2 unspecified atom stereocenters. The second-order valence-electron chi connectivity index (χ2n) is 5.67. The van der Waals surface area contributed by atoms with E-state index in [-0.39, 0.29) is 24.1 Å². The van der Waals surface area contributed by atoms with Gasteiger partial charge in [0.05, 0.1) is 11.0 Å². The lowest BCUT2D eigenvalue weighted by Gasteiger charge is -2.33. The maximum atomic E-state index is 12.3. The Morgan fingerprint density at radius 1 is 1.39 bits per heavy atom. The van der Waals surface area contributed by atoms with E-state index < -0.39 is 16.9 Å². The topological polar surface area (TPSA) is 89.8 Å². The van der Waals surface area contributed by atoms with Gasteiger partial charge >= 0.3 is 5.97 Å². The van der Waals surface area contributed by atoms with Crippen molar-refractivity contribution in [2.75, 3.05) is 4.90 Å². The lowest BCUT2D eigenvalue weighted by Crippen LogP contribution is -2.47. The SMILES string of the molecule is CCC(C)OC(=O)C(C)N1C(=O)CCc2cc([N+](=O)[O-])ccc21. The number of carbonyl (C=O) groups excluding carboxylic acids is 2. The van der Waals surface area contributed by atoms with E-state index in [1.165, 1.54) is 23.1 Å². The molecule has 0 fully saturated rings. The van der Waals surface area contributed by atoms with Gasteiger partial charge in [0.1, 0.15) is 6.04 Å². The Bertz CT molecular complexity index is 643. The molecular weight excluding hydrogens is 300 g/mol. The molecule has 7 nitrogen and oxygen atoms in total. The molecule has 1 aromatic carbocycles. The molecule has 1 aromatic rings. The van der Waals surface area contributed by atoms with Crippen LogP contribution in [0.4, 0.5) is 11.4 Å². The van der Waals surface area contributed by atoms with E-state index in [4.69, 9.17) is 4.74 Å². The predicted octanol–water partition coefficient (Wildman–Crippen LogP) is 2.60. The van der Waals surface area contributed by atoms with Gasteiger partial charge < -0.3 is 4.74 Å². The van der Waals surface area contributed by atoms with Gasteiger partial charge in [-0.3, -0.25) is 19.8 Å². The Balaban J connectivity index is 2.31. The minimum absolute atomic E-state index is 0.0205. The average molecular weight is 320 g/mol. The minimum Gasteiger partial charge on any atom is -0.461 e. The van der Waals surface area contributed by atoms with Crippen molar-refractivity contribution in [2.24, 2.45) is 0 Å². The van der Waals surface area contributed by atoms with E-state index in [1.54, 1.807) is 13.8 Å². The van der Waals surface area contributed by atoms with Gasteiger partial charge in [-0.1, -0.05) is 6.92 Å². The standard InChI is InChI=1S/C16H20N2O5/c1-4-10(2)23-16(20)11(3)17-14-7-6-13(18(21)22)9-12(14)5-8-15(17)19/h6-7,9-11H,4-5,8H2,1-3H3. The van der Waals surface area contributed by atoms with Gasteiger partial charge in [0.15, 0.2) is 0 Å². The Hall–Kier alpha value is -2.44. The minimum atomic E-state index is -0.767. The number of nitro benzene ring substituents is 1. The highest BCUT2D eigenvalue weighted by molar-refractivity contribution is 6.01. The first-order valence-electron chi connectivity index (χ1n) is 7.65. The number of carbonyl (C=O) groups is 2. The summed E-state index contributed by atoms with van der Waals surface area (Å²) in [6.07, 6.45) is 1.12. The van der Waals surface area contributed by atoms with Crippen molar-refractivity contribution >= 4 is 23.3 Å². The van der Waals surface area contributed by atoms with Gasteiger partial charge in [0.25, 0.3) is 5.69 Å². The number of non-ortho nitro benzene ring substituents is 1. The van der Waals surface area contributed by atoms with Gasteiger partial charge in [-0.25, -0.2) is 4.79 Å². The molecule has 1 aliphatic rings. The van der Waals surface area contributed by atoms with Crippen LogP contribution in [0.2, 0.25) is 0 Å². The smallest absolute Gasteiger partial charge is 0.329 e. The lowest BCUT2D eigenvalue weighted by molar-refractivity contribution is -0.384. The quantitative estimate of drug-likeness (QED) is 0.472. The molecule has 1 aliphatic heterocycles. The number of esters is 1. The van der Waals surface area contributed by atoms with Crippen LogP contribution in [0.3, 0.4) is 0 Å². The van der Waals surface area contributed by atoms with E-state index in [2.05, 4.69) is 0 Å². The Morgan fingerprint density at radius 3 is 2.70 bits per heavy atom. The molecule has 124 valence electrons. The number of nitrogens with zero attached hydrogens (tertiary/aromatic N) is 2. The number of hydrogen-bond donors (Lipinski definition) is 0. The molecule has 0 saturated heterocycles. The number of aryl methyl sites for hydroxylation is 1. The maximum absolute atomic E-state index is 12.3. The third-order valence-corrected chi connectivity index (χ3v) is 4.03. The van der Waals surface area contributed by atoms with E-state index in [1.807, 2.05) is 6.92 Å². The first-order chi connectivity index (χ1) is 10.8. The molecule has 0 bridgehead atoms. The van der Waals surface area contributed by atoms with Crippen LogP contribution >= 0.6 is 0 Å². The maximum Gasteiger partial charge on any atom is 0.329 e. The van der Waals surface area contributed by atoms with Crippen LogP contribution in [-0.2, 0) is 20.7 Å². The van der Waals surface area contributed by atoms with Crippen LogP contribution in [-0.4, -0.2) is 28.9 Å². The van der Waals surface area contributed by atoms with Crippen LogP contribution in [0.25, 0.3) is 0 Å². The summed E-state index contributed by atoms with van der Waals surface area (Å²) in [7, 11) is 0. The summed E-state index contributed by atoms with van der Waals surface area (Å²) in [4.78, 5) is 36.3. The third kappa shape index (κ3) is 3.49. The zero-order valence-corrected chi connectivity index (χ0v) is 13.4. The number of rotatable bonds is 5. The Kier molecular flexibility index (Phi) is 4.98. The summed E-state index contributed by atoms with van der Waals surface area (Å²) in [5.41, 5.74) is 1.22. The number of fused-ring (bicyclic) bond motifs is 1. The van der Waals surface area contributed by atoms with E-state index in [0.29, 0.717) is 24.1 Å². The summed E-state index contributed by atoms with van der Waals surface area (Å²) >= 11 is 0. The zero-order valence-electron chi connectivity index (χ0n) is 13.4. The van der Waals surface area contributed by atoms with Crippen LogP contribution in [0.1, 0.15) is 39.2 Å². The Labute approximate surface area is 134 Å². The average Bonchev–Trinajstić information content (AvgIpc) is 2.53. The molecule has 2 rings (SSSR count). The van der Waals surface area contributed by atoms with Crippen molar-refractivity contribution < 1.29 is 19.2 Å². The summed E-state index contributed by atoms with van der Waals surface area (Å²) in [5, 5.41) is 10.9. The highest BCUT2D eigenvalue weighted by atomic mass is 16.6. The van der Waals surface area contributed by atoms with Gasteiger partial charge in [0.2, 0.25) is 5.91 Å². The molecule has 1 heterocycles. The first kappa shape index (κ1) is 16.9. The second-order valence-corrected chi connectivity index (χ2v) is 5.67. The summed E-state index contributed by atoms with van der Waals surface area (Å²) in [5.74, 6) is -0.654. The van der Waals surface area contributed by atoms with Crippen LogP contribution in [0, 0.1) is 10.1 Å². The second kappa shape index (κ2) is 6.76. The largest absolute Gasteiger partial charge is 0.461 e. The predicted molar refractivity (Wildman–Crippen MR) is 84.2 cm³/mol. The number of nitro groups is 1. The molecule has 0 N–H and O–H groups in total. The van der Waals surface area contributed by atoms with Gasteiger partial charge in [0, 0.05) is 24.2 Å². The molecule has 23 heavy (non-hydrogen) atoms. The van der Waals surface area contributed by atoms with Crippen LogP contribution in [0.5, 0.6) is 0 Å². The van der Waals surface area contributed by atoms with Crippen molar-refractivity contribution in [2.45, 2.75) is 52.2 Å². The summed E-state index contributed by atoms with van der Waals surface area (Å²) < 4.78 is 5.30. The molecule has 7 heteroatoms. The van der Waals surface area contributed by atoms with Crippen molar-refractivity contribution in [3.63, 3.8) is 0 Å². The van der Waals surface area contributed by atoms with Gasteiger partial charge in [-0.05, 0) is 38.3 Å². The fourth-order valence-corrected chi connectivity index (χ4v) is 2.53. The molecule has 1 amide bonds. The normalized spacial score (nSPS) is 16.5. The number of anilines is 1. The lowest BCUT2D eigenvalue weighted by atomic mass is 9.99. The van der Waals surface area contributed by atoms with Crippen LogP contribution < -0.4 is 4.90 Å². The fraction of sp³-hybridized carbons (Fsp3) is 0.500. The molecule has 0 saturated carbocycles. The monoisotopic (exact) mass is 320 g/mol. The molecular formula is C16H20N2O5. The van der Waals surface area contributed by atoms with Crippen LogP contribution in [0.15, 0.2) is 18.2 Å². The Morgan fingerprint density at radius 2 is 2.09 bits per heavy atom.